The average Bonchev–Trinajstić information content (AvgIpc) is 2.58. The lowest BCUT2D eigenvalue weighted by Gasteiger charge is -2.13. The number of sulfonamides is 1. The number of hydrogen-bond donors (Lipinski definition) is 2. The Balaban J connectivity index is 2.42. The molecule has 2 N–H and O–H groups in total. The number of nitrogens with one attached hydrogen (secondary N) is 2. The number of aryl methyl sites for hydroxylation is 1. The average molecular weight is 370 g/mol. The number of ether oxygens (including phenoxy) is 1. The van der Waals surface area contributed by atoms with E-state index in [9.17, 15) is 18.0 Å². The van der Waals surface area contributed by atoms with Gasteiger partial charge in [0.15, 0.2) is 6.61 Å². The first kappa shape index (κ1) is 21.1. The molecule has 8 heteroatoms. The van der Waals surface area contributed by atoms with E-state index in [2.05, 4.69) is 10.0 Å². The van der Waals surface area contributed by atoms with Crippen molar-refractivity contribution in [2.45, 2.75) is 46.1 Å². The maximum Gasteiger partial charge on any atom is 0.324 e. The maximum absolute atomic E-state index is 11.8. The molecule has 0 radical (unpaired) electrons. The number of benzene rings is 1. The van der Waals surface area contributed by atoms with E-state index in [1.807, 2.05) is 26.0 Å². The van der Waals surface area contributed by atoms with Crippen molar-refractivity contribution in [2.75, 3.05) is 17.7 Å². The molecule has 1 rings (SSSR count). The van der Waals surface area contributed by atoms with Crippen LogP contribution in [0, 0.1) is 0 Å². The van der Waals surface area contributed by atoms with Gasteiger partial charge in [0, 0.05) is 5.69 Å². The Labute approximate surface area is 149 Å². The first-order chi connectivity index (χ1) is 11.8. The monoisotopic (exact) mass is 370 g/mol. The van der Waals surface area contributed by atoms with Gasteiger partial charge in [-0.1, -0.05) is 32.4 Å². The number of esters is 1. The minimum absolute atomic E-state index is 0.0463. The molecule has 25 heavy (non-hydrogen) atoms. The second kappa shape index (κ2) is 10.1. The van der Waals surface area contributed by atoms with Crippen molar-refractivity contribution in [3.05, 3.63) is 29.8 Å². The summed E-state index contributed by atoms with van der Waals surface area (Å²) in [5.74, 6) is -1.33. The van der Waals surface area contributed by atoms with Crippen LogP contribution in [-0.4, -0.2) is 38.7 Å². The van der Waals surface area contributed by atoms with E-state index in [-0.39, 0.29) is 5.75 Å². The van der Waals surface area contributed by atoms with Gasteiger partial charge in [0.25, 0.3) is 5.91 Å². The van der Waals surface area contributed by atoms with E-state index in [0.717, 1.165) is 18.4 Å². The van der Waals surface area contributed by atoms with Gasteiger partial charge in [0.05, 0.1) is 5.75 Å². The summed E-state index contributed by atoms with van der Waals surface area (Å²) in [6, 6.07) is 6.29. The van der Waals surface area contributed by atoms with Crippen LogP contribution in [0.4, 0.5) is 5.69 Å². The van der Waals surface area contributed by atoms with Gasteiger partial charge >= 0.3 is 5.97 Å². The van der Waals surface area contributed by atoms with Gasteiger partial charge in [-0.3, -0.25) is 9.59 Å². The Kier molecular flexibility index (Phi) is 8.57. The molecule has 0 heterocycles. The molecule has 0 fully saturated rings. The third-order valence-electron chi connectivity index (χ3n) is 3.47. The number of rotatable bonds is 10. The second-order valence-electron chi connectivity index (χ2n) is 5.72. The minimum atomic E-state index is -3.53. The second-order valence-corrected chi connectivity index (χ2v) is 7.59. The van der Waals surface area contributed by atoms with Crippen LogP contribution in [0.25, 0.3) is 0 Å². The van der Waals surface area contributed by atoms with Crippen LogP contribution in [0.5, 0.6) is 0 Å². The van der Waals surface area contributed by atoms with E-state index in [0.29, 0.717) is 12.1 Å². The van der Waals surface area contributed by atoms with E-state index >= 15 is 0 Å². The van der Waals surface area contributed by atoms with E-state index in [1.54, 1.807) is 12.1 Å². The first-order valence-electron chi connectivity index (χ1n) is 8.32. The molecular formula is C17H26N2O5S. The number of unbranched alkanes of at least 4 members (excludes halogenated alkanes) is 1. The highest BCUT2D eigenvalue weighted by Crippen LogP contribution is 2.09. The SMILES string of the molecule is CCCCS(=O)(=O)N[C@@H](C)C(=O)OCC(=O)Nc1ccc(CC)cc1. The molecule has 7 nitrogen and oxygen atoms in total. The molecule has 1 aromatic rings. The number of carbonyl (C=O) groups is 2. The fourth-order valence-corrected chi connectivity index (χ4v) is 3.41. The molecule has 1 amide bonds. The Hall–Kier alpha value is -1.93. The highest BCUT2D eigenvalue weighted by molar-refractivity contribution is 7.89. The van der Waals surface area contributed by atoms with Crippen molar-refractivity contribution in [1.82, 2.24) is 4.72 Å². The topological polar surface area (TPSA) is 102 Å². The summed E-state index contributed by atoms with van der Waals surface area (Å²) >= 11 is 0. The molecule has 1 atom stereocenters. The highest BCUT2D eigenvalue weighted by Gasteiger charge is 2.21. The molecule has 1 aromatic carbocycles. The van der Waals surface area contributed by atoms with Crippen molar-refractivity contribution in [3.8, 4) is 0 Å². The minimum Gasteiger partial charge on any atom is -0.454 e. The maximum atomic E-state index is 11.8. The van der Waals surface area contributed by atoms with Crippen molar-refractivity contribution in [3.63, 3.8) is 0 Å². The van der Waals surface area contributed by atoms with Gasteiger partial charge in [-0.25, -0.2) is 13.1 Å². The van der Waals surface area contributed by atoms with Crippen LogP contribution < -0.4 is 10.0 Å². The number of anilines is 1. The van der Waals surface area contributed by atoms with Crippen molar-refractivity contribution < 1.29 is 22.7 Å². The quantitative estimate of drug-likeness (QED) is 0.612. The molecule has 0 spiro atoms. The van der Waals surface area contributed by atoms with Gasteiger partial charge in [-0.15, -0.1) is 0 Å². The number of hydrogen-bond acceptors (Lipinski definition) is 5. The zero-order chi connectivity index (χ0) is 18.9. The van der Waals surface area contributed by atoms with Crippen LogP contribution in [0.2, 0.25) is 0 Å². The predicted molar refractivity (Wildman–Crippen MR) is 96.7 cm³/mol. The molecule has 0 aliphatic carbocycles. The van der Waals surface area contributed by atoms with Crippen molar-refractivity contribution in [1.29, 1.82) is 0 Å². The zero-order valence-electron chi connectivity index (χ0n) is 14.9. The van der Waals surface area contributed by atoms with Crippen LogP contribution in [-0.2, 0) is 30.8 Å². The van der Waals surface area contributed by atoms with Gasteiger partial charge in [0.1, 0.15) is 6.04 Å². The molecular weight excluding hydrogens is 344 g/mol. The molecule has 0 bridgehead atoms. The third-order valence-corrected chi connectivity index (χ3v) is 5.01. The Bertz CT molecular complexity index is 671. The van der Waals surface area contributed by atoms with Crippen molar-refractivity contribution in [2.24, 2.45) is 0 Å². The van der Waals surface area contributed by atoms with Gasteiger partial charge < -0.3 is 10.1 Å². The Morgan fingerprint density at radius 2 is 1.80 bits per heavy atom. The molecule has 0 aliphatic rings. The fraction of sp³-hybridized carbons (Fsp3) is 0.529. The standard InChI is InChI=1S/C17H26N2O5S/c1-4-6-11-25(22,23)19-13(3)17(21)24-12-16(20)18-15-9-7-14(5-2)8-10-15/h7-10,13,19H,4-6,11-12H2,1-3H3,(H,18,20)/t13-/m0/s1. The van der Waals surface area contributed by atoms with Gasteiger partial charge in [-0.2, -0.15) is 0 Å². The summed E-state index contributed by atoms with van der Waals surface area (Å²) in [7, 11) is -3.53. The van der Waals surface area contributed by atoms with Gasteiger partial charge in [-0.05, 0) is 37.5 Å². The third kappa shape index (κ3) is 8.13. The van der Waals surface area contributed by atoms with Crippen LogP contribution in [0.3, 0.4) is 0 Å². The Morgan fingerprint density at radius 3 is 2.36 bits per heavy atom. The smallest absolute Gasteiger partial charge is 0.324 e. The summed E-state index contributed by atoms with van der Waals surface area (Å²) < 4.78 is 30.6. The number of amides is 1. The molecule has 0 saturated carbocycles. The summed E-state index contributed by atoms with van der Waals surface area (Å²) in [6.45, 7) is 4.81. The van der Waals surface area contributed by atoms with E-state index in [1.165, 1.54) is 6.92 Å². The summed E-state index contributed by atoms with van der Waals surface area (Å²) in [5, 5.41) is 2.61. The lowest BCUT2D eigenvalue weighted by molar-refractivity contribution is -0.148. The predicted octanol–water partition coefficient (Wildman–Crippen LogP) is 1.84. The molecule has 0 saturated heterocycles. The first-order valence-corrected chi connectivity index (χ1v) is 9.98. The Morgan fingerprint density at radius 1 is 1.16 bits per heavy atom. The highest BCUT2D eigenvalue weighted by atomic mass is 32.2. The van der Waals surface area contributed by atoms with Crippen molar-refractivity contribution >= 4 is 27.6 Å². The lowest BCUT2D eigenvalue weighted by Crippen LogP contribution is -2.41. The molecule has 0 aliphatic heterocycles. The summed E-state index contributed by atoms with van der Waals surface area (Å²) in [6.07, 6.45) is 2.15. The molecule has 0 aromatic heterocycles. The molecule has 0 unspecified atom stereocenters. The number of carbonyl (C=O) groups excluding carboxylic acids is 2. The van der Waals surface area contributed by atoms with Crippen LogP contribution >= 0.6 is 0 Å². The molecule has 140 valence electrons. The summed E-state index contributed by atoms with van der Waals surface area (Å²) in [5.41, 5.74) is 1.75. The summed E-state index contributed by atoms with van der Waals surface area (Å²) in [4.78, 5) is 23.6. The van der Waals surface area contributed by atoms with Gasteiger partial charge in [0.2, 0.25) is 10.0 Å². The largest absolute Gasteiger partial charge is 0.454 e. The lowest BCUT2D eigenvalue weighted by atomic mass is 10.1. The van der Waals surface area contributed by atoms with Crippen LogP contribution in [0.15, 0.2) is 24.3 Å². The van der Waals surface area contributed by atoms with E-state index < -0.39 is 34.5 Å². The zero-order valence-corrected chi connectivity index (χ0v) is 15.7. The normalized spacial score (nSPS) is 12.4. The van der Waals surface area contributed by atoms with Crippen LogP contribution in [0.1, 0.15) is 39.2 Å². The fourth-order valence-electron chi connectivity index (χ4n) is 1.99. The van der Waals surface area contributed by atoms with E-state index in [4.69, 9.17) is 4.74 Å².